The van der Waals surface area contributed by atoms with Gasteiger partial charge < -0.3 is 14.2 Å². The van der Waals surface area contributed by atoms with E-state index >= 15 is 0 Å². The Kier molecular flexibility index (Phi) is 4.74. The predicted octanol–water partition coefficient (Wildman–Crippen LogP) is 2.39. The van der Waals surface area contributed by atoms with Crippen molar-refractivity contribution in [3.05, 3.63) is 46.5 Å². The summed E-state index contributed by atoms with van der Waals surface area (Å²) in [5, 5.41) is 0. The molecule has 0 amide bonds. The zero-order valence-corrected chi connectivity index (χ0v) is 16.3. The van der Waals surface area contributed by atoms with Crippen molar-refractivity contribution in [1.82, 2.24) is 4.72 Å². The maximum Gasteiger partial charge on any atom is 0.240 e. The van der Waals surface area contributed by atoms with Crippen molar-refractivity contribution in [1.29, 1.82) is 0 Å². The number of hydrogen-bond acceptors (Lipinski definition) is 5. The molecule has 0 radical (unpaired) electrons. The van der Waals surface area contributed by atoms with Crippen molar-refractivity contribution in [3.8, 4) is 17.2 Å². The number of methoxy groups -OCH3 is 1. The van der Waals surface area contributed by atoms with Crippen molar-refractivity contribution in [2.24, 2.45) is 0 Å². The molecule has 0 aromatic heterocycles. The SMILES string of the molecule is COc1ccc(S(=O)(=O)NCCc2c3c(cc4c2OCC4)OCC3)cc1C. The van der Waals surface area contributed by atoms with E-state index in [2.05, 4.69) is 10.8 Å². The number of benzene rings is 2. The van der Waals surface area contributed by atoms with Crippen LogP contribution in [0, 0.1) is 6.92 Å². The Morgan fingerprint density at radius 3 is 2.74 bits per heavy atom. The first kappa shape index (κ1) is 18.1. The lowest BCUT2D eigenvalue weighted by Crippen LogP contribution is -2.26. The minimum Gasteiger partial charge on any atom is -0.496 e. The zero-order valence-electron chi connectivity index (χ0n) is 15.5. The predicted molar refractivity (Wildman–Crippen MR) is 101 cm³/mol. The molecule has 0 saturated carbocycles. The summed E-state index contributed by atoms with van der Waals surface area (Å²) in [6.07, 6.45) is 2.28. The Balaban J connectivity index is 1.51. The second-order valence-corrected chi connectivity index (χ2v) is 8.56. The van der Waals surface area contributed by atoms with Crippen molar-refractivity contribution in [2.75, 3.05) is 26.9 Å². The Hall–Kier alpha value is -2.25. The first-order chi connectivity index (χ1) is 13.0. The summed E-state index contributed by atoms with van der Waals surface area (Å²) in [5.41, 5.74) is 4.16. The van der Waals surface area contributed by atoms with Gasteiger partial charge in [-0.1, -0.05) is 0 Å². The number of fused-ring (bicyclic) bond motifs is 2. The molecule has 0 fully saturated rings. The molecule has 4 rings (SSSR count). The normalized spacial score (nSPS) is 15.0. The highest BCUT2D eigenvalue weighted by molar-refractivity contribution is 7.89. The van der Waals surface area contributed by atoms with Crippen LogP contribution in [-0.4, -0.2) is 35.3 Å². The molecule has 7 heteroatoms. The highest BCUT2D eigenvalue weighted by atomic mass is 32.2. The average molecular weight is 389 g/mol. The summed E-state index contributed by atoms with van der Waals surface area (Å²) in [5.74, 6) is 2.50. The quantitative estimate of drug-likeness (QED) is 0.821. The number of rotatable bonds is 6. The molecule has 2 aliphatic heterocycles. The van der Waals surface area contributed by atoms with Crippen LogP contribution in [-0.2, 0) is 29.3 Å². The van der Waals surface area contributed by atoms with Crippen LogP contribution in [0.25, 0.3) is 0 Å². The van der Waals surface area contributed by atoms with Gasteiger partial charge in [0.25, 0.3) is 0 Å². The van der Waals surface area contributed by atoms with Crippen LogP contribution in [0.1, 0.15) is 22.3 Å². The highest BCUT2D eigenvalue weighted by Gasteiger charge is 2.26. The first-order valence-electron chi connectivity index (χ1n) is 9.07. The number of nitrogens with one attached hydrogen (secondary N) is 1. The van der Waals surface area contributed by atoms with Crippen LogP contribution < -0.4 is 18.9 Å². The molecule has 0 unspecified atom stereocenters. The van der Waals surface area contributed by atoms with Crippen LogP contribution >= 0.6 is 0 Å². The van der Waals surface area contributed by atoms with E-state index in [4.69, 9.17) is 14.2 Å². The summed E-state index contributed by atoms with van der Waals surface area (Å²) in [6.45, 7) is 3.47. The third-order valence-corrected chi connectivity index (χ3v) is 6.56. The lowest BCUT2D eigenvalue weighted by molar-refractivity contribution is 0.353. The smallest absolute Gasteiger partial charge is 0.240 e. The molecule has 0 bridgehead atoms. The van der Waals surface area contributed by atoms with Gasteiger partial charge in [0.2, 0.25) is 10.0 Å². The first-order valence-corrected chi connectivity index (χ1v) is 10.6. The summed E-state index contributed by atoms with van der Waals surface area (Å²) in [7, 11) is -2.02. The number of ether oxygens (including phenoxy) is 3. The molecule has 0 spiro atoms. The van der Waals surface area contributed by atoms with Crippen LogP contribution in [0.15, 0.2) is 29.2 Å². The van der Waals surface area contributed by atoms with E-state index in [1.54, 1.807) is 25.3 Å². The van der Waals surface area contributed by atoms with Gasteiger partial charge in [0, 0.05) is 36.1 Å². The van der Waals surface area contributed by atoms with E-state index in [1.807, 2.05) is 6.92 Å². The van der Waals surface area contributed by atoms with Crippen molar-refractivity contribution in [3.63, 3.8) is 0 Å². The maximum absolute atomic E-state index is 12.6. The van der Waals surface area contributed by atoms with E-state index in [0.717, 1.165) is 46.6 Å². The standard InChI is InChI=1S/C20H23NO5S/c1-13-11-15(3-4-18(13)24-2)27(22,23)21-8-5-17-16-7-10-25-19(16)12-14-6-9-26-20(14)17/h3-4,11-12,21H,5-10H2,1-2H3. The maximum atomic E-state index is 12.6. The molecule has 27 heavy (non-hydrogen) atoms. The van der Waals surface area contributed by atoms with Gasteiger partial charge in [-0.2, -0.15) is 0 Å². The van der Waals surface area contributed by atoms with Gasteiger partial charge in [-0.3, -0.25) is 0 Å². The van der Waals surface area contributed by atoms with E-state index < -0.39 is 10.0 Å². The van der Waals surface area contributed by atoms with Crippen molar-refractivity contribution >= 4 is 10.0 Å². The van der Waals surface area contributed by atoms with Gasteiger partial charge in [0.1, 0.15) is 17.2 Å². The fourth-order valence-electron chi connectivity index (χ4n) is 3.76. The topological polar surface area (TPSA) is 73.9 Å². The summed E-state index contributed by atoms with van der Waals surface area (Å²) >= 11 is 0. The molecule has 1 N–H and O–H groups in total. The van der Waals surface area contributed by atoms with E-state index in [9.17, 15) is 8.42 Å². The largest absolute Gasteiger partial charge is 0.496 e. The molecule has 2 aliphatic rings. The van der Waals surface area contributed by atoms with E-state index in [-0.39, 0.29) is 4.90 Å². The van der Waals surface area contributed by atoms with Gasteiger partial charge in [-0.25, -0.2) is 13.1 Å². The van der Waals surface area contributed by atoms with Crippen LogP contribution in [0.3, 0.4) is 0 Å². The fraction of sp³-hybridized carbons (Fsp3) is 0.400. The van der Waals surface area contributed by atoms with E-state index in [0.29, 0.717) is 31.9 Å². The second kappa shape index (κ2) is 7.05. The molecule has 0 atom stereocenters. The Labute approximate surface area is 159 Å². The summed E-state index contributed by atoms with van der Waals surface area (Å²) in [4.78, 5) is 0.240. The van der Waals surface area contributed by atoms with Gasteiger partial charge in [-0.05, 0) is 43.2 Å². The monoisotopic (exact) mass is 389 g/mol. The van der Waals surface area contributed by atoms with Crippen molar-refractivity contribution < 1.29 is 22.6 Å². The van der Waals surface area contributed by atoms with Crippen LogP contribution in [0.4, 0.5) is 0 Å². The Morgan fingerprint density at radius 1 is 1.15 bits per heavy atom. The lowest BCUT2D eigenvalue weighted by atomic mass is 9.97. The molecular formula is C20H23NO5S. The molecule has 6 nitrogen and oxygen atoms in total. The van der Waals surface area contributed by atoms with Gasteiger partial charge in [0.05, 0.1) is 25.2 Å². The molecule has 0 saturated heterocycles. The Bertz CT molecular complexity index is 952. The number of sulfonamides is 1. The molecule has 2 aromatic rings. The molecule has 2 heterocycles. The van der Waals surface area contributed by atoms with Crippen molar-refractivity contribution in [2.45, 2.75) is 31.1 Å². The minimum absolute atomic E-state index is 0.240. The highest BCUT2D eigenvalue weighted by Crippen LogP contribution is 2.40. The minimum atomic E-state index is -3.58. The van der Waals surface area contributed by atoms with Gasteiger partial charge >= 0.3 is 0 Å². The van der Waals surface area contributed by atoms with Crippen LogP contribution in [0.5, 0.6) is 17.2 Å². The Morgan fingerprint density at radius 2 is 1.96 bits per heavy atom. The molecule has 144 valence electrons. The van der Waals surface area contributed by atoms with Crippen LogP contribution in [0.2, 0.25) is 0 Å². The molecule has 2 aromatic carbocycles. The van der Waals surface area contributed by atoms with Gasteiger partial charge in [0.15, 0.2) is 0 Å². The zero-order chi connectivity index (χ0) is 19.0. The lowest BCUT2D eigenvalue weighted by Gasteiger charge is -2.14. The summed E-state index contributed by atoms with van der Waals surface area (Å²) in [6, 6.07) is 6.92. The average Bonchev–Trinajstić information content (AvgIpc) is 3.29. The summed E-state index contributed by atoms with van der Waals surface area (Å²) < 4.78 is 44.7. The third-order valence-electron chi connectivity index (χ3n) is 5.10. The van der Waals surface area contributed by atoms with E-state index in [1.165, 1.54) is 0 Å². The number of hydrogen-bond donors (Lipinski definition) is 1. The molecular weight excluding hydrogens is 366 g/mol. The molecule has 0 aliphatic carbocycles. The number of aryl methyl sites for hydroxylation is 1. The second-order valence-electron chi connectivity index (χ2n) is 6.80. The third kappa shape index (κ3) is 3.37. The van der Waals surface area contributed by atoms with Gasteiger partial charge in [-0.15, -0.1) is 0 Å². The fourth-order valence-corrected chi connectivity index (χ4v) is 4.88.